The predicted octanol–water partition coefficient (Wildman–Crippen LogP) is 2.52. The van der Waals surface area contributed by atoms with Gasteiger partial charge in [0.15, 0.2) is 0 Å². The van der Waals surface area contributed by atoms with Crippen molar-refractivity contribution in [2.75, 3.05) is 13.1 Å². The maximum Gasteiger partial charge on any atom is 0.325 e. The fraction of sp³-hybridized carbons (Fsp3) is 0.550. The molecule has 26 heavy (non-hydrogen) atoms. The van der Waals surface area contributed by atoms with Gasteiger partial charge in [-0.2, -0.15) is 0 Å². The van der Waals surface area contributed by atoms with Crippen molar-refractivity contribution in [2.45, 2.75) is 57.0 Å². The number of urea groups is 1. The Labute approximate surface area is 153 Å². The van der Waals surface area contributed by atoms with Crippen LogP contribution in [0.1, 0.15) is 55.7 Å². The number of carbonyl (C=O) groups excluding carboxylic acids is 3. The van der Waals surface area contributed by atoms with Crippen molar-refractivity contribution in [3.05, 3.63) is 35.4 Å². The standard InChI is InChI=1S/C20H25N3O3/c1-14-6-8-15(9-7-14)16-5-4-12-22(16)17(24)13-23-18(25)20(21-19(23)26)10-2-3-11-20/h6-9,16H,2-5,10-13H2,1H3,(H,21,26). The zero-order valence-corrected chi connectivity index (χ0v) is 15.2. The van der Waals surface area contributed by atoms with E-state index in [2.05, 4.69) is 29.6 Å². The number of hydrogen-bond acceptors (Lipinski definition) is 3. The molecule has 1 aliphatic carbocycles. The van der Waals surface area contributed by atoms with Gasteiger partial charge < -0.3 is 10.2 Å². The largest absolute Gasteiger partial charge is 0.334 e. The van der Waals surface area contributed by atoms with E-state index < -0.39 is 11.6 Å². The highest BCUT2D eigenvalue weighted by atomic mass is 16.2. The molecule has 6 nitrogen and oxygen atoms in total. The summed E-state index contributed by atoms with van der Waals surface area (Å²) in [5.41, 5.74) is 1.55. The lowest BCUT2D eigenvalue weighted by molar-refractivity contribution is -0.139. The summed E-state index contributed by atoms with van der Waals surface area (Å²) in [5, 5.41) is 2.84. The highest BCUT2D eigenvalue weighted by Gasteiger charge is 2.53. The molecular formula is C20H25N3O3. The average molecular weight is 355 g/mol. The van der Waals surface area contributed by atoms with Crippen LogP contribution in [0, 0.1) is 6.92 Å². The highest BCUT2D eigenvalue weighted by molar-refractivity contribution is 6.09. The van der Waals surface area contributed by atoms with Gasteiger partial charge >= 0.3 is 6.03 Å². The number of carbonyl (C=O) groups is 3. The molecule has 1 spiro atoms. The van der Waals surface area contributed by atoms with E-state index in [0.29, 0.717) is 19.4 Å². The fourth-order valence-electron chi connectivity index (χ4n) is 4.56. The third-order valence-electron chi connectivity index (χ3n) is 6.03. The number of aryl methyl sites for hydroxylation is 1. The molecule has 0 aromatic heterocycles. The van der Waals surface area contributed by atoms with E-state index in [4.69, 9.17) is 0 Å². The van der Waals surface area contributed by atoms with E-state index in [1.165, 1.54) is 5.56 Å². The first-order valence-corrected chi connectivity index (χ1v) is 9.50. The Bertz CT molecular complexity index is 737. The molecule has 2 aliphatic heterocycles. The van der Waals surface area contributed by atoms with Crippen molar-refractivity contribution in [1.82, 2.24) is 15.1 Å². The van der Waals surface area contributed by atoms with Gasteiger partial charge in [0.05, 0.1) is 6.04 Å². The normalized spacial score (nSPS) is 24.6. The molecule has 0 bridgehead atoms. The van der Waals surface area contributed by atoms with Gasteiger partial charge in [-0.25, -0.2) is 4.79 Å². The molecule has 4 amide bonds. The van der Waals surface area contributed by atoms with Crippen molar-refractivity contribution in [3.8, 4) is 0 Å². The van der Waals surface area contributed by atoms with Crippen LogP contribution in [0.25, 0.3) is 0 Å². The second-order valence-electron chi connectivity index (χ2n) is 7.77. The van der Waals surface area contributed by atoms with E-state index in [0.717, 1.165) is 36.1 Å². The van der Waals surface area contributed by atoms with Gasteiger partial charge in [0.25, 0.3) is 5.91 Å². The number of imide groups is 1. The number of nitrogens with one attached hydrogen (secondary N) is 1. The molecule has 1 N–H and O–H groups in total. The molecule has 6 heteroatoms. The lowest BCUT2D eigenvalue weighted by Crippen LogP contribution is -2.46. The van der Waals surface area contributed by atoms with E-state index in [9.17, 15) is 14.4 Å². The monoisotopic (exact) mass is 355 g/mol. The first kappa shape index (κ1) is 17.1. The number of benzene rings is 1. The maximum atomic E-state index is 12.9. The van der Waals surface area contributed by atoms with Gasteiger partial charge in [0, 0.05) is 6.54 Å². The van der Waals surface area contributed by atoms with Crippen LogP contribution in [0.4, 0.5) is 4.79 Å². The smallest absolute Gasteiger partial charge is 0.325 e. The average Bonchev–Trinajstić information content (AvgIpc) is 3.33. The van der Waals surface area contributed by atoms with Gasteiger partial charge in [-0.05, 0) is 38.2 Å². The number of amides is 4. The lowest BCUT2D eigenvalue weighted by Gasteiger charge is -2.27. The maximum absolute atomic E-state index is 12.9. The Hall–Kier alpha value is -2.37. The van der Waals surface area contributed by atoms with Crippen LogP contribution >= 0.6 is 0 Å². The van der Waals surface area contributed by atoms with Gasteiger partial charge in [0.1, 0.15) is 12.1 Å². The summed E-state index contributed by atoms with van der Waals surface area (Å²) in [6.45, 7) is 2.55. The molecule has 1 aromatic rings. The molecular weight excluding hydrogens is 330 g/mol. The van der Waals surface area contributed by atoms with Crippen molar-refractivity contribution < 1.29 is 14.4 Å². The molecule has 3 fully saturated rings. The SMILES string of the molecule is Cc1ccc(C2CCCN2C(=O)CN2C(=O)NC3(CCCC3)C2=O)cc1. The Balaban J connectivity index is 1.48. The number of likely N-dealkylation sites (tertiary alicyclic amines) is 1. The third-order valence-corrected chi connectivity index (χ3v) is 6.03. The predicted molar refractivity (Wildman–Crippen MR) is 96.3 cm³/mol. The van der Waals surface area contributed by atoms with Crippen LogP contribution in [0.2, 0.25) is 0 Å². The minimum Gasteiger partial charge on any atom is -0.334 e. The number of hydrogen-bond donors (Lipinski definition) is 1. The van der Waals surface area contributed by atoms with E-state index in [1.807, 2.05) is 11.8 Å². The summed E-state index contributed by atoms with van der Waals surface area (Å²) in [6.07, 6.45) is 5.09. The zero-order valence-electron chi connectivity index (χ0n) is 15.2. The number of rotatable bonds is 3. The topological polar surface area (TPSA) is 69.7 Å². The van der Waals surface area contributed by atoms with Crippen LogP contribution in [-0.4, -0.2) is 46.3 Å². The summed E-state index contributed by atoms with van der Waals surface area (Å²) in [7, 11) is 0. The minimum atomic E-state index is -0.751. The summed E-state index contributed by atoms with van der Waals surface area (Å²) in [6, 6.07) is 7.84. The van der Waals surface area contributed by atoms with Crippen molar-refractivity contribution in [1.29, 1.82) is 0 Å². The van der Waals surface area contributed by atoms with E-state index in [-0.39, 0.29) is 24.4 Å². The summed E-state index contributed by atoms with van der Waals surface area (Å²) < 4.78 is 0. The molecule has 1 unspecified atom stereocenters. The van der Waals surface area contributed by atoms with E-state index in [1.54, 1.807) is 0 Å². The lowest BCUT2D eigenvalue weighted by atomic mass is 9.98. The summed E-state index contributed by atoms with van der Waals surface area (Å²) >= 11 is 0. The quantitative estimate of drug-likeness (QED) is 0.847. The second-order valence-corrected chi connectivity index (χ2v) is 7.77. The van der Waals surface area contributed by atoms with Gasteiger partial charge in [-0.15, -0.1) is 0 Å². The molecule has 2 heterocycles. The van der Waals surface area contributed by atoms with Crippen LogP contribution in [0.5, 0.6) is 0 Å². The molecule has 3 aliphatic rings. The Morgan fingerprint density at radius 3 is 2.54 bits per heavy atom. The fourth-order valence-corrected chi connectivity index (χ4v) is 4.56. The molecule has 1 aromatic carbocycles. The molecule has 1 atom stereocenters. The van der Waals surface area contributed by atoms with Gasteiger partial charge in [-0.3, -0.25) is 14.5 Å². The minimum absolute atomic E-state index is 0.0318. The molecule has 138 valence electrons. The highest BCUT2D eigenvalue weighted by Crippen LogP contribution is 2.36. The molecule has 0 radical (unpaired) electrons. The van der Waals surface area contributed by atoms with Crippen LogP contribution < -0.4 is 5.32 Å². The van der Waals surface area contributed by atoms with Crippen LogP contribution in [-0.2, 0) is 9.59 Å². The molecule has 4 rings (SSSR count). The Morgan fingerprint density at radius 1 is 1.15 bits per heavy atom. The molecule has 1 saturated carbocycles. The van der Waals surface area contributed by atoms with Gasteiger partial charge in [-0.1, -0.05) is 42.7 Å². The first-order valence-electron chi connectivity index (χ1n) is 9.50. The zero-order chi connectivity index (χ0) is 18.3. The van der Waals surface area contributed by atoms with Crippen LogP contribution in [0.3, 0.4) is 0 Å². The van der Waals surface area contributed by atoms with E-state index >= 15 is 0 Å². The Kier molecular flexibility index (Phi) is 4.21. The number of nitrogens with zero attached hydrogens (tertiary/aromatic N) is 2. The van der Waals surface area contributed by atoms with Crippen LogP contribution in [0.15, 0.2) is 24.3 Å². The Morgan fingerprint density at radius 2 is 1.85 bits per heavy atom. The van der Waals surface area contributed by atoms with Crippen molar-refractivity contribution in [2.24, 2.45) is 0 Å². The van der Waals surface area contributed by atoms with Crippen molar-refractivity contribution in [3.63, 3.8) is 0 Å². The van der Waals surface area contributed by atoms with Gasteiger partial charge in [0.2, 0.25) is 5.91 Å². The summed E-state index contributed by atoms with van der Waals surface area (Å²) in [5.74, 6) is -0.369. The first-order chi connectivity index (χ1) is 12.5. The summed E-state index contributed by atoms with van der Waals surface area (Å²) in [4.78, 5) is 40.9. The van der Waals surface area contributed by atoms with Crippen molar-refractivity contribution >= 4 is 17.8 Å². The molecule has 2 saturated heterocycles. The second kappa shape index (κ2) is 6.41. The third kappa shape index (κ3) is 2.77.